The molecule has 0 radical (unpaired) electrons. The van der Waals surface area contributed by atoms with Gasteiger partial charge < -0.3 is 9.32 Å². The topological polar surface area (TPSA) is 28.7 Å². The highest BCUT2D eigenvalue weighted by atomic mass is 32.2. The molecule has 0 atom stereocenters. The summed E-state index contributed by atoms with van der Waals surface area (Å²) in [6.07, 6.45) is 6.56. The first-order valence-electron chi connectivity index (χ1n) is 7.65. The molecule has 0 unspecified atom stereocenters. The summed E-state index contributed by atoms with van der Waals surface area (Å²) in [5, 5.41) is 2.41. The second-order valence-electron chi connectivity index (χ2n) is 5.88. The van der Waals surface area contributed by atoms with Crippen LogP contribution in [-0.4, -0.2) is 29.4 Å². The molecule has 0 amide bonds. The van der Waals surface area contributed by atoms with Gasteiger partial charge in [0.25, 0.3) is 0 Å². The van der Waals surface area contributed by atoms with Crippen LogP contribution in [0.4, 0.5) is 0 Å². The first-order chi connectivity index (χ1) is 10.9. The van der Waals surface area contributed by atoms with Gasteiger partial charge in [-0.15, -0.1) is 11.8 Å². The van der Waals surface area contributed by atoms with Gasteiger partial charge in [0, 0.05) is 27.3 Å². The van der Waals surface area contributed by atoms with E-state index in [0.717, 1.165) is 24.6 Å². The van der Waals surface area contributed by atoms with Crippen molar-refractivity contribution in [1.82, 2.24) is 4.90 Å². The van der Waals surface area contributed by atoms with Crippen molar-refractivity contribution in [3.63, 3.8) is 0 Å². The van der Waals surface area contributed by atoms with Crippen molar-refractivity contribution in [2.24, 2.45) is 10.9 Å². The first kappa shape index (κ1) is 13.1. The largest absolute Gasteiger partial charge is 0.464 e. The van der Waals surface area contributed by atoms with Crippen molar-refractivity contribution in [3.05, 3.63) is 34.9 Å². The molecule has 1 fully saturated rings. The van der Waals surface area contributed by atoms with Gasteiger partial charge in [-0.3, -0.25) is 4.99 Å². The van der Waals surface area contributed by atoms with Crippen LogP contribution >= 0.6 is 23.5 Å². The van der Waals surface area contributed by atoms with E-state index in [1.54, 1.807) is 11.8 Å². The van der Waals surface area contributed by atoms with Gasteiger partial charge in [-0.2, -0.15) is 0 Å². The van der Waals surface area contributed by atoms with Crippen molar-refractivity contribution in [2.75, 3.05) is 19.3 Å². The summed E-state index contributed by atoms with van der Waals surface area (Å²) in [6, 6.07) is 6.55. The van der Waals surface area contributed by atoms with Crippen molar-refractivity contribution in [1.29, 1.82) is 0 Å². The number of furan rings is 1. The van der Waals surface area contributed by atoms with Crippen LogP contribution < -0.4 is 0 Å². The summed E-state index contributed by atoms with van der Waals surface area (Å²) in [5.41, 5.74) is 3.62. The molecule has 1 aromatic heterocycles. The molecule has 3 nitrogen and oxygen atoms in total. The normalized spacial score (nSPS) is 21.0. The van der Waals surface area contributed by atoms with Crippen LogP contribution in [0.2, 0.25) is 0 Å². The smallest absolute Gasteiger partial charge is 0.168 e. The van der Waals surface area contributed by atoms with Gasteiger partial charge >= 0.3 is 0 Å². The first-order valence-corrected chi connectivity index (χ1v) is 9.69. The Morgan fingerprint density at radius 1 is 1.32 bits per heavy atom. The molecule has 1 aliphatic carbocycles. The van der Waals surface area contributed by atoms with Crippen LogP contribution in [0.1, 0.15) is 18.4 Å². The lowest BCUT2D eigenvalue weighted by atomic mass is 10.1. The average molecular weight is 328 g/mol. The Morgan fingerprint density at radius 2 is 2.23 bits per heavy atom. The molecule has 3 aliphatic rings. The molecular weight excluding hydrogens is 312 g/mol. The maximum atomic E-state index is 5.88. The number of aliphatic imine (C=N–C) groups is 1. The standard InChI is InChI=1S/C17H16N2OS2/c1-21-13-5-4-12(15-11(13)6-9-20-15)14-16(10-2-3-10)22-17-18-7-8-19(14)17/h4-6,9-10H,2-3,7-8H2,1H3. The van der Waals surface area contributed by atoms with Crippen molar-refractivity contribution >= 4 is 45.4 Å². The summed E-state index contributed by atoms with van der Waals surface area (Å²) >= 11 is 3.66. The summed E-state index contributed by atoms with van der Waals surface area (Å²) in [4.78, 5) is 9.85. The fourth-order valence-electron chi connectivity index (χ4n) is 3.30. The minimum atomic E-state index is 0.735. The number of hydrogen-bond donors (Lipinski definition) is 0. The molecule has 5 heteroatoms. The fraction of sp³-hybridized carbons (Fsp3) is 0.353. The van der Waals surface area contributed by atoms with Gasteiger partial charge in [0.15, 0.2) is 5.17 Å². The number of hydrogen-bond acceptors (Lipinski definition) is 5. The highest BCUT2D eigenvalue weighted by Crippen LogP contribution is 2.53. The lowest BCUT2D eigenvalue weighted by Crippen LogP contribution is -2.20. The molecular formula is C17H16N2OS2. The third kappa shape index (κ3) is 1.82. The second-order valence-corrected chi connectivity index (χ2v) is 7.74. The van der Waals surface area contributed by atoms with E-state index in [1.807, 2.05) is 18.0 Å². The second kappa shape index (κ2) is 4.83. The number of fused-ring (bicyclic) bond motifs is 2. The number of benzene rings is 1. The zero-order valence-corrected chi connectivity index (χ0v) is 14.0. The lowest BCUT2D eigenvalue weighted by molar-refractivity contribution is 0.607. The highest BCUT2D eigenvalue weighted by molar-refractivity contribution is 8.17. The summed E-state index contributed by atoms with van der Waals surface area (Å²) in [5.74, 6) is 0.735. The summed E-state index contributed by atoms with van der Waals surface area (Å²) < 4.78 is 5.88. The van der Waals surface area contributed by atoms with Crippen LogP contribution in [0, 0.1) is 5.92 Å². The molecule has 0 bridgehead atoms. The van der Waals surface area contributed by atoms with Crippen molar-refractivity contribution in [2.45, 2.75) is 17.7 Å². The molecule has 1 saturated carbocycles. The van der Waals surface area contributed by atoms with Crippen LogP contribution in [0.5, 0.6) is 0 Å². The molecule has 0 spiro atoms. The van der Waals surface area contributed by atoms with Gasteiger partial charge in [0.05, 0.1) is 18.5 Å². The molecule has 22 heavy (non-hydrogen) atoms. The maximum absolute atomic E-state index is 5.88. The number of amidine groups is 1. The monoisotopic (exact) mass is 328 g/mol. The van der Waals surface area contributed by atoms with Crippen molar-refractivity contribution < 1.29 is 4.42 Å². The SMILES string of the molecule is CSc1ccc(C2=C(C3CC3)SC3=NCCN32)c2occc12. The fourth-order valence-corrected chi connectivity index (χ4v) is 5.25. The van der Waals surface area contributed by atoms with Crippen LogP contribution in [0.3, 0.4) is 0 Å². The molecule has 3 heterocycles. The Bertz CT molecular complexity index is 832. The van der Waals surface area contributed by atoms with E-state index in [0.29, 0.717) is 0 Å². The summed E-state index contributed by atoms with van der Waals surface area (Å²) in [7, 11) is 0. The van der Waals surface area contributed by atoms with E-state index in [1.165, 1.54) is 44.5 Å². The predicted octanol–water partition coefficient (Wildman–Crippen LogP) is 4.65. The maximum Gasteiger partial charge on any atom is 0.168 e. The number of allylic oxidation sites excluding steroid dienone is 1. The molecule has 2 aliphatic heterocycles. The van der Waals surface area contributed by atoms with E-state index in [-0.39, 0.29) is 0 Å². The summed E-state index contributed by atoms with van der Waals surface area (Å²) in [6.45, 7) is 1.91. The minimum absolute atomic E-state index is 0.735. The Hall–Kier alpha value is -1.33. The molecule has 0 N–H and O–H groups in total. The van der Waals surface area contributed by atoms with Gasteiger partial charge in [-0.25, -0.2) is 0 Å². The van der Waals surface area contributed by atoms with Gasteiger partial charge in [-0.05, 0) is 43.2 Å². The Morgan fingerprint density at radius 3 is 3.05 bits per heavy atom. The molecule has 0 saturated heterocycles. The third-order valence-corrected chi connectivity index (χ3v) is 6.58. The highest BCUT2D eigenvalue weighted by Gasteiger charge is 2.40. The average Bonchev–Trinajstić information content (AvgIpc) is 2.97. The van der Waals surface area contributed by atoms with E-state index in [9.17, 15) is 0 Å². The van der Waals surface area contributed by atoms with Crippen LogP contribution in [-0.2, 0) is 0 Å². The van der Waals surface area contributed by atoms with E-state index < -0.39 is 0 Å². The third-order valence-electron chi connectivity index (χ3n) is 4.51. The number of rotatable bonds is 3. The molecule has 2 aromatic rings. The van der Waals surface area contributed by atoms with E-state index in [4.69, 9.17) is 4.42 Å². The zero-order chi connectivity index (χ0) is 14.7. The Kier molecular flexibility index (Phi) is 2.89. The number of nitrogens with zero attached hydrogens (tertiary/aromatic N) is 2. The zero-order valence-electron chi connectivity index (χ0n) is 12.3. The van der Waals surface area contributed by atoms with Crippen LogP contribution in [0.25, 0.3) is 16.7 Å². The quantitative estimate of drug-likeness (QED) is 0.767. The van der Waals surface area contributed by atoms with E-state index in [2.05, 4.69) is 34.3 Å². The van der Waals surface area contributed by atoms with Gasteiger partial charge in [0.1, 0.15) is 5.58 Å². The van der Waals surface area contributed by atoms with Crippen molar-refractivity contribution in [3.8, 4) is 0 Å². The van der Waals surface area contributed by atoms with E-state index >= 15 is 0 Å². The molecule has 5 rings (SSSR count). The predicted molar refractivity (Wildman–Crippen MR) is 94.2 cm³/mol. The molecule has 112 valence electrons. The minimum Gasteiger partial charge on any atom is -0.464 e. The number of thioether (sulfide) groups is 2. The lowest BCUT2D eigenvalue weighted by Gasteiger charge is -2.18. The Balaban J connectivity index is 1.74. The van der Waals surface area contributed by atoms with Gasteiger partial charge in [0.2, 0.25) is 0 Å². The van der Waals surface area contributed by atoms with Gasteiger partial charge in [-0.1, -0.05) is 11.8 Å². The Labute approximate surface area is 137 Å². The molecule has 1 aromatic carbocycles. The van der Waals surface area contributed by atoms with Crippen LogP contribution in [0.15, 0.2) is 43.7 Å².